The lowest BCUT2D eigenvalue weighted by Crippen LogP contribution is -2.41. The molecule has 6 nitrogen and oxygen atoms in total. The Morgan fingerprint density at radius 1 is 0.848 bits per heavy atom. The predicted octanol–water partition coefficient (Wildman–Crippen LogP) is 4.33. The van der Waals surface area contributed by atoms with Gasteiger partial charge in [0.25, 0.3) is 0 Å². The van der Waals surface area contributed by atoms with Gasteiger partial charge in [-0.1, -0.05) is 91.0 Å². The SMILES string of the molecule is C[C@]12CN(C(=O)OCc3ccccc3)S(=O)(=O)N1CC(c1ccccc1)(c1ccccc1)C2. The molecule has 1 atom stereocenters. The van der Waals surface area contributed by atoms with E-state index in [4.69, 9.17) is 4.74 Å². The van der Waals surface area contributed by atoms with Crippen LogP contribution in [-0.4, -0.2) is 41.7 Å². The fourth-order valence-corrected chi connectivity index (χ4v) is 7.24. The molecule has 170 valence electrons. The Labute approximate surface area is 194 Å². The molecule has 5 rings (SSSR count). The molecule has 3 aromatic carbocycles. The highest BCUT2D eigenvalue weighted by atomic mass is 32.2. The van der Waals surface area contributed by atoms with Gasteiger partial charge in [-0.2, -0.15) is 17.0 Å². The van der Waals surface area contributed by atoms with Gasteiger partial charge in [0.15, 0.2) is 0 Å². The Bertz CT molecular complexity index is 1210. The third kappa shape index (κ3) is 3.61. The van der Waals surface area contributed by atoms with Gasteiger partial charge in [0.05, 0.1) is 12.1 Å². The molecule has 0 radical (unpaired) electrons. The smallest absolute Gasteiger partial charge is 0.424 e. The van der Waals surface area contributed by atoms with E-state index in [9.17, 15) is 13.2 Å². The summed E-state index contributed by atoms with van der Waals surface area (Å²) in [6.45, 7) is 2.27. The number of carbonyl (C=O) groups excluding carboxylic acids is 1. The van der Waals surface area contributed by atoms with Gasteiger partial charge in [-0.15, -0.1) is 0 Å². The number of fused-ring (bicyclic) bond motifs is 1. The first kappa shape index (κ1) is 21.7. The third-order valence-electron chi connectivity index (χ3n) is 6.80. The molecule has 0 aromatic heterocycles. The summed E-state index contributed by atoms with van der Waals surface area (Å²) in [5.74, 6) is 0. The Morgan fingerprint density at radius 2 is 1.36 bits per heavy atom. The number of ether oxygens (including phenoxy) is 1. The molecule has 2 aliphatic rings. The monoisotopic (exact) mass is 462 g/mol. The summed E-state index contributed by atoms with van der Waals surface area (Å²) in [7, 11) is -4.02. The van der Waals surface area contributed by atoms with Crippen LogP contribution in [0.5, 0.6) is 0 Å². The molecule has 7 heteroatoms. The number of rotatable bonds is 4. The van der Waals surface area contributed by atoms with Crippen molar-refractivity contribution in [2.45, 2.75) is 30.9 Å². The van der Waals surface area contributed by atoms with Crippen molar-refractivity contribution in [3.05, 3.63) is 108 Å². The predicted molar refractivity (Wildman–Crippen MR) is 126 cm³/mol. The summed E-state index contributed by atoms with van der Waals surface area (Å²) in [5.41, 5.74) is 1.71. The third-order valence-corrected chi connectivity index (χ3v) is 8.76. The van der Waals surface area contributed by atoms with Crippen LogP contribution >= 0.6 is 0 Å². The lowest BCUT2D eigenvalue weighted by Gasteiger charge is -2.32. The molecule has 0 bridgehead atoms. The minimum atomic E-state index is -4.02. The lowest BCUT2D eigenvalue weighted by atomic mass is 9.71. The van der Waals surface area contributed by atoms with E-state index in [1.807, 2.05) is 73.7 Å². The molecule has 2 aliphatic heterocycles. The van der Waals surface area contributed by atoms with Crippen molar-refractivity contribution >= 4 is 16.3 Å². The minimum absolute atomic E-state index is 0.0282. The largest absolute Gasteiger partial charge is 0.444 e. The normalized spacial score (nSPS) is 23.2. The average molecular weight is 463 g/mol. The first-order chi connectivity index (χ1) is 15.9. The number of amides is 1. The quantitative estimate of drug-likeness (QED) is 0.579. The van der Waals surface area contributed by atoms with E-state index in [0.29, 0.717) is 6.42 Å². The summed E-state index contributed by atoms with van der Waals surface area (Å²) in [6.07, 6.45) is -0.269. The Kier molecular flexibility index (Phi) is 5.26. The molecule has 3 aromatic rings. The maximum Gasteiger partial charge on any atom is 0.424 e. The summed E-state index contributed by atoms with van der Waals surface area (Å²) in [4.78, 5) is 12.8. The van der Waals surface area contributed by atoms with Crippen molar-refractivity contribution in [1.82, 2.24) is 8.61 Å². The number of benzene rings is 3. The summed E-state index contributed by atoms with van der Waals surface area (Å²) < 4.78 is 34.8. The van der Waals surface area contributed by atoms with E-state index in [-0.39, 0.29) is 19.7 Å². The van der Waals surface area contributed by atoms with Gasteiger partial charge < -0.3 is 4.74 Å². The first-order valence-electron chi connectivity index (χ1n) is 11.0. The molecule has 0 aliphatic carbocycles. The molecule has 1 amide bonds. The van der Waals surface area contributed by atoms with Crippen LogP contribution in [0.15, 0.2) is 91.0 Å². The van der Waals surface area contributed by atoms with E-state index in [0.717, 1.165) is 21.0 Å². The van der Waals surface area contributed by atoms with E-state index >= 15 is 0 Å². The molecular weight excluding hydrogens is 436 g/mol. The molecule has 0 unspecified atom stereocenters. The summed E-state index contributed by atoms with van der Waals surface area (Å²) in [6, 6.07) is 29.3. The maximum atomic E-state index is 13.5. The highest BCUT2D eigenvalue weighted by Crippen LogP contribution is 2.52. The Morgan fingerprint density at radius 3 is 1.88 bits per heavy atom. The summed E-state index contributed by atoms with van der Waals surface area (Å²) in [5, 5.41) is 0. The van der Waals surface area contributed by atoms with Crippen LogP contribution in [0, 0.1) is 0 Å². The Balaban J connectivity index is 1.45. The van der Waals surface area contributed by atoms with Crippen LogP contribution < -0.4 is 0 Å². The second-order valence-corrected chi connectivity index (χ2v) is 10.8. The van der Waals surface area contributed by atoms with E-state index in [1.165, 1.54) is 4.31 Å². The molecule has 0 saturated carbocycles. The zero-order valence-corrected chi connectivity index (χ0v) is 19.2. The number of hydrogen-bond acceptors (Lipinski definition) is 4. The van der Waals surface area contributed by atoms with Crippen molar-refractivity contribution in [2.75, 3.05) is 13.1 Å². The molecule has 2 saturated heterocycles. The zero-order chi connectivity index (χ0) is 23.1. The van der Waals surface area contributed by atoms with Crippen molar-refractivity contribution in [2.24, 2.45) is 0 Å². The fraction of sp³-hybridized carbons (Fsp3) is 0.269. The van der Waals surface area contributed by atoms with Crippen LogP contribution in [0.4, 0.5) is 4.79 Å². The van der Waals surface area contributed by atoms with E-state index in [2.05, 4.69) is 24.3 Å². The van der Waals surface area contributed by atoms with Gasteiger partial charge in [-0.3, -0.25) is 0 Å². The fourth-order valence-electron chi connectivity index (χ4n) is 5.25. The molecular formula is C26H26N2O4S. The van der Waals surface area contributed by atoms with Crippen LogP contribution in [0.1, 0.15) is 30.0 Å². The standard InChI is InChI=1S/C26H26N2O4S/c1-25-18-26(22-13-7-3-8-14-22,23-15-9-4-10-16-23)20-28(25)33(30,31)27(19-25)24(29)32-17-21-11-5-2-6-12-21/h2-16H,17-20H2,1H3/t25-/m0/s1. The van der Waals surface area contributed by atoms with Crippen molar-refractivity contribution in [3.8, 4) is 0 Å². The van der Waals surface area contributed by atoms with Crippen LogP contribution in [0.25, 0.3) is 0 Å². The number of carbonyl (C=O) groups is 1. The van der Waals surface area contributed by atoms with E-state index < -0.39 is 27.3 Å². The van der Waals surface area contributed by atoms with Gasteiger partial charge in [-0.05, 0) is 30.0 Å². The molecule has 33 heavy (non-hydrogen) atoms. The van der Waals surface area contributed by atoms with E-state index in [1.54, 1.807) is 0 Å². The van der Waals surface area contributed by atoms with Crippen LogP contribution in [0.3, 0.4) is 0 Å². The van der Waals surface area contributed by atoms with Crippen LogP contribution in [-0.2, 0) is 27.0 Å². The minimum Gasteiger partial charge on any atom is -0.444 e. The topological polar surface area (TPSA) is 66.9 Å². The zero-order valence-electron chi connectivity index (χ0n) is 18.4. The van der Waals surface area contributed by atoms with Gasteiger partial charge in [0.1, 0.15) is 6.61 Å². The number of hydrogen-bond donors (Lipinski definition) is 0. The maximum absolute atomic E-state index is 13.5. The van der Waals surface area contributed by atoms with Gasteiger partial charge in [0, 0.05) is 12.0 Å². The van der Waals surface area contributed by atoms with Crippen molar-refractivity contribution < 1.29 is 17.9 Å². The van der Waals surface area contributed by atoms with Gasteiger partial charge in [0.2, 0.25) is 0 Å². The molecule has 0 spiro atoms. The van der Waals surface area contributed by atoms with Crippen molar-refractivity contribution in [3.63, 3.8) is 0 Å². The summed E-state index contributed by atoms with van der Waals surface area (Å²) >= 11 is 0. The second kappa shape index (κ2) is 8.01. The Hall–Kier alpha value is -3.16. The average Bonchev–Trinajstić information content (AvgIpc) is 3.27. The van der Waals surface area contributed by atoms with Crippen molar-refractivity contribution in [1.29, 1.82) is 0 Å². The second-order valence-electron chi connectivity index (χ2n) is 9.05. The number of nitrogens with zero attached hydrogens (tertiary/aromatic N) is 2. The lowest BCUT2D eigenvalue weighted by molar-refractivity contribution is 0.117. The highest BCUT2D eigenvalue weighted by molar-refractivity contribution is 7.87. The highest BCUT2D eigenvalue weighted by Gasteiger charge is 2.63. The van der Waals surface area contributed by atoms with Gasteiger partial charge >= 0.3 is 16.3 Å². The van der Waals surface area contributed by atoms with Crippen LogP contribution in [0.2, 0.25) is 0 Å². The molecule has 2 heterocycles. The molecule has 0 N–H and O–H groups in total. The molecule has 2 fully saturated rings. The first-order valence-corrected chi connectivity index (χ1v) is 12.4. The van der Waals surface area contributed by atoms with Gasteiger partial charge in [-0.25, -0.2) is 4.79 Å².